The number of piperidine rings is 1. The molecule has 1 heterocycles. The smallest absolute Gasteiger partial charge is 0.326 e. The molecule has 1 aliphatic heterocycles. The van der Waals surface area contributed by atoms with Crippen molar-refractivity contribution < 1.29 is 14.7 Å². The maximum atomic E-state index is 12.3. The van der Waals surface area contributed by atoms with Crippen LogP contribution in [-0.4, -0.2) is 41.1 Å². The van der Waals surface area contributed by atoms with Crippen molar-refractivity contribution in [1.29, 1.82) is 0 Å². The number of carboxylic acids is 1. The number of carbonyl (C=O) groups excluding carboxylic acids is 1. The number of hydrogen-bond donors (Lipinski definition) is 2. The first kappa shape index (κ1) is 17.8. The number of amides is 2. The molecule has 0 aromatic rings. The minimum absolute atomic E-state index is 0.0679. The molecular weight excluding hydrogens is 268 g/mol. The molecule has 21 heavy (non-hydrogen) atoms. The van der Waals surface area contributed by atoms with Crippen molar-refractivity contribution >= 4 is 12.0 Å². The lowest BCUT2D eigenvalue weighted by atomic mass is 9.74. The van der Waals surface area contributed by atoms with Crippen molar-refractivity contribution in [2.75, 3.05) is 13.1 Å². The molecular formula is C16H30N2O3. The highest BCUT2D eigenvalue weighted by Crippen LogP contribution is 2.37. The van der Waals surface area contributed by atoms with Gasteiger partial charge in [-0.05, 0) is 24.2 Å². The number of aliphatic carboxylic acids is 1. The van der Waals surface area contributed by atoms with Gasteiger partial charge < -0.3 is 15.3 Å². The van der Waals surface area contributed by atoms with E-state index >= 15 is 0 Å². The van der Waals surface area contributed by atoms with Gasteiger partial charge in [-0.25, -0.2) is 9.59 Å². The third kappa shape index (κ3) is 4.35. The number of nitrogens with one attached hydrogen (secondary N) is 1. The summed E-state index contributed by atoms with van der Waals surface area (Å²) in [6, 6.07) is -1.03. The van der Waals surface area contributed by atoms with Gasteiger partial charge in [0.25, 0.3) is 0 Å². The van der Waals surface area contributed by atoms with Gasteiger partial charge in [0.2, 0.25) is 0 Å². The molecule has 0 aromatic carbocycles. The monoisotopic (exact) mass is 298 g/mol. The van der Waals surface area contributed by atoms with E-state index in [4.69, 9.17) is 0 Å². The Morgan fingerprint density at radius 3 is 2.10 bits per heavy atom. The Balaban J connectivity index is 2.59. The van der Waals surface area contributed by atoms with E-state index < -0.39 is 12.0 Å². The molecule has 2 amide bonds. The van der Waals surface area contributed by atoms with Gasteiger partial charge in [-0.2, -0.15) is 0 Å². The van der Waals surface area contributed by atoms with Crippen LogP contribution in [0.3, 0.4) is 0 Å². The van der Waals surface area contributed by atoms with Crippen LogP contribution in [0.5, 0.6) is 0 Å². The number of nitrogens with zero attached hydrogens (tertiary/aromatic N) is 1. The molecule has 1 fully saturated rings. The summed E-state index contributed by atoms with van der Waals surface area (Å²) in [7, 11) is 0. The van der Waals surface area contributed by atoms with Crippen LogP contribution in [0.4, 0.5) is 4.79 Å². The van der Waals surface area contributed by atoms with Crippen LogP contribution >= 0.6 is 0 Å². The zero-order valence-corrected chi connectivity index (χ0v) is 13.8. The van der Waals surface area contributed by atoms with E-state index in [2.05, 4.69) is 19.2 Å². The van der Waals surface area contributed by atoms with E-state index in [1.165, 1.54) is 0 Å². The first-order chi connectivity index (χ1) is 9.89. The van der Waals surface area contributed by atoms with Crippen LogP contribution in [0.2, 0.25) is 0 Å². The number of urea groups is 1. The highest BCUT2D eigenvalue weighted by atomic mass is 16.4. The van der Waals surface area contributed by atoms with Gasteiger partial charge in [-0.3, -0.25) is 0 Å². The second-order valence-electron chi connectivity index (χ2n) is 6.35. The summed E-state index contributed by atoms with van der Waals surface area (Å²) in [6.45, 7) is 9.66. The van der Waals surface area contributed by atoms with E-state index in [0.717, 1.165) is 45.2 Å². The van der Waals surface area contributed by atoms with Crippen molar-refractivity contribution in [2.24, 2.45) is 11.3 Å². The zero-order valence-electron chi connectivity index (χ0n) is 13.8. The van der Waals surface area contributed by atoms with E-state index in [1.54, 1.807) is 4.90 Å². The van der Waals surface area contributed by atoms with Gasteiger partial charge in [0.05, 0.1) is 0 Å². The fraction of sp³-hybridized carbons (Fsp3) is 0.875. The Hall–Kier alpha value is -1.26. The minimum atomic E-state index is -0.953. The predicted octanol–water partition coefficient (Wildman–Crippen LogP) is 3.10. The average molecular weight is 298 g/mol. The fourth-order valence-corrected chi connectivity index (χ4v) is 3.05. The zero-order chi connectivity index (χ0) is 16.0. The first-order valence-electron chi connectivity index (χ1n) is 8.17. The summed E-state index contributed by atoms with van der Waals surface area (Å²) in [5, 5.41) is 11.9. The number of hydrogen-bond acceptors (Lipinski definition) is 2. The largest absolute Gasteiger partial charge is 0.480 e. The van der Waals surface area contributed by atoms with Gasteiger partial charge in [0.15, 0.2) is 0 Å². The second-order valence-corrected chi connectivity index (χ2v) is 6.35. The van der Waals surface area contributed by atoms with Crippen LogP contribution in [-0.2, 0) is 4.79 Å². The molecule has 122 valence electrons. The number of likely N-dealkylation sites (tertiary alicyclic amines) is 1. The van der Waals surface area contributed by atoms with Gasteiger partial charge in [0.1, 0.15) is 6.04 Å². The van der Waals surface area contributed by atoms with Gasteiger partial charge in [-0.1, -0.05) is 47.0 Å². The van der Waals surface area contributed by atoms with E-state index in [1.807, 2.05) is 13.8 Å². The molecule has 1 rings (SSSR count). The predicted molar refractivity (Wildman–Crippen MR) is 83.2 cm³/mol. The van der Waals surface area contributed by atoms with Gasteiger partial charge >= 0.3 is 12.0 Å². The molecule has 0 aliphatic carbocycles. The molecule has 1 unspecified atom stereocenters. The number of rotatable bonds is 6. The Labute approximate surface area is 128 Å². The van der Waals surface area contributed by atoms with Crippen LogP contribution in [0.15, 0.2) is 0 Å². The fourth-order valence-electron chi connectivity index (χ4n) is 3.05. The summed E-state index contributed by atoms with van der Waals surface area (Å²) >= 11 is 0. The average Bonchev–Trinajstić information content (AvgIpc) is 2.51. The molecule has 0 spiro atoms. The molecule has 2 atom stereocenters. The second kappa shape index (κ2) is 7.66. The molecule has 5 heteroatoms. The van der Waals surface area contributed by atoms with E-state index in [0.29, 0.717) is 5.41 Å². The van der Waals surface area contributed by atoms with Crippen LogP contribution in [0.25, 0.3) is 0 Å². The van der Waals surface area contributed by atoms with E-state index in [-0.39, 0.29) is 11.9 Å². The molecule has 1 aliphatic rings. The summed E-state index contributed by atoms with van der Waals surface area (Å²) in [5.74, 6) is -1.02. The molecule has 5 nitrogen and oxygen atoms in total. The van der Waals surface area contributed by atoms with E-state index in [9.17, 15) is 14.7 Å². The Morgan fingerprint density at radius 1 is 1.19 bits per heavy atom. The van der Waals surface area contributed by atoms with Crippen LogP contribution < -0.4 is 5.32 Å². The quantitative estimate of drug-likeness (QED) is 0.791. The molecule has 0 aromatic heterocycles. The van der Waals surface area contributed by atoms with Crippen LogP contribution in [0, 0.1) is 11.3 Å². The normalized spacial score (nSPS) is 20.7. The number of carbonyl (C=O) groups is 2. The lowest BCUT2D eigenvalue weighted by Crippen LogP contribution is -2.53. The molecule has 2 N–H and O–H groups in total. The van der Waals surface area contributed by atoms with Crippen molar-refractivity contribution in [3.05, 3.63) is 0 Å². The summed E-state index contributed by atoms with van der Waals surface area (Å²) in [4.78, 5) is 25.3. The van der Waals surface area contributed by atoms with Crippen molar-refractivity contribution in [3.63, 3.8) is 0 Å². The Kier molecular flexibility index (Phi) is 6.49. The van der Waals surface area contributed by atoms with Crippen molar-refractivity contribution in [3.8, 4) is 0 Å². The Bertz CT molecular complexity index is 357. The molecule has 0 bridgehead atoms. The highest BCUT2D eigenvalue weighted by Gasteiger charge is 2.34. The molecule has 1 saturated heterocycles. The third-order valence-corrected chi connectivity index (χ3v) is 5.37. The van der Waals surface area contributed by atoms with Crippen LogP contribution in [0.1, 0.15) is 59.8 Å². The van der Waals surface area contributed by atoms with Gasteiger partial charge in [-0.15, -0.1) is 0 Å². The third-order valence-electron chi connectivity index (χ3n) is 5.37. The summed E-state index contributed by atoms with van der Waals surface area (Å²) in [6.07, 6.45) is 5.03. The molecule has 0 saturated carbocycles. The summed E-state index contributed by atoms with van der Waals surface area (Å²) < 4.78 is 0. The standard InChI is InChI=1S/C16H30N2O3/c1-5-12(4)13(14(19)20)17-15(21)18-10-8-16(6-2,7-3)9-11-18/h12-13H,5-11H2,1-4H3,(H,17,21)(H,19,20)/t12?,13-/m0/s1. The first-order valence-corrected chi connectivity index (χ1v) is 8.17. The summed E-state index contributed by atoms with van der Waals surface area (Å²) in [5.41, 5.74) is 0.361. The lowest BCUT2D eigenvalue weighted by molar-refractivity contribution is -0.140. The topological polar surface area (TPSA) is 69.6 Å². The van der Waals surface area contributed by atoms with Crippen molar-refractivity contribution in [2.45, 2.75) is 65.8 Å². The maximum Gasteiger partial charge on any atom is 0.326 e. The number of carboxylic acid groups (broad SMARTS) is 1. The highest BCUT2D eigenvalue weighted by molar-refractivity contribution is 5.82. The minimum Gasteiger partial charge on any atom is -0.480 e. The Morgan fingerprint density at radius 2 is 1.71 bits per heavy atom. The SMILES string of the molecule is CCC(C)[C@H](NC(=O)N1CCC(CC)(CC)CC1)C(=O)O. The lowest BCUT2D eigenvalue weighted by Gasteiger charge is -2.41. The van der Waals surface area contributed by atoms with Crippen molar-refractivity contribution in [1.82, 2.24) is 10.2 Å². The molecule has 0 radical (unpaired) electrons. The maximum absolute atomic E-state index is 12.3. The van der Waals surface area contributed by atoms with Gasteiger partial charge in [0, 0.05) is 13.1 Å².